The molecular weight excluding hydrogens is 422 g/mol. The molecule has 1 saturated heterocycles. The van der Waals surface area contributed by atoms with E-state index in [1.807, 2.05) is 12.1 Å². The number of thioether (sulfide) groups is 1. The summed E-state index contributed by atoms with van der Waals surface area (Å²) in [4.78, 5) is 25.8. The van der Waals surface area contributed by atoms with Gasteiger partial charge in [0.1, 0.15) is 5.76 Å². The van der Waals surface area contributed by atoms with Crippen LogP contribution in [-0.2, 0) is 4.79 Å². The van der Waals surface area contributed by atoms with Gasteiger partial charge in [-0.25, -0.2) is 0 Å². The number of hydrogen-bond acceptors (Lipinski definition) is 5. The summed E-state index contributed by atoms with van der Waals surface area (Å²) in [6, 6.07) is 9.16. The number of halogens is 2. The molecule has 0 N–H and O–H groups in total. The number of imide groups is 1. The highest BCUT2D eigenvalue weighted by molar-refractivity contribution is 9.10. The molecule has 3 rings (SSSR count). The highest BCUT2D eigenvalue weighted by atomic mass is 79.9. The van der Waals surface area contributed by atoms with Gasteiger partial charge in [-0.2, -0.15) is 0 Å². The zero-order valence-corrected chi connectivity index (χ0v) is 15.7. The van der Waals surface area contributed by atoms with Crippen molar-refractivity contribution in [1.82, 2.24) is 4.90 Å². The van der Waals surface area contributed by atoms with Crippen LogP contribution < -0.4 is 0 Å². The maximum Gasteiger partial charge on any atom is 0.293 e. The zero-order valence-electron chi connectivity index (χ0n) is 11.7. The summed E-state index contributed by atoms with van der Waals surface area (Å²) in [6.45, 7) is 0. The van der Waals surface area contributed by atoms with Gasteiger partial charge in [-0.1, -0.05) is 23.4 Å². The fourth-order valence-corrected chi connectivity index (χ4v) is 4.06. The molecule has 2 aromatic rings. The van der Waals surface area contributed by atoms with Crippen LogP contribution in [-0.4, -0.2) is 23.1 Å². The molecule has 1 aromatic heterocycles. The van der Waals surface area contributed by atoms with Crippen LogP contribution in [0.15, 0.2) is 54.1 Å². The lowest BCUT2D eigenvalue weighted by molar-refractivity contribution is -0.121. The molecule has 1 aromatic carbocycles. The number of furan rings is 1. The van der Waals surface area contributed by atoms with Crippen molar-refractivity contribution < 1.29 is 14.0 Å². The lowest BCUT2D eigenvalue weighted by Crippen LogP contribution is -2.22. The van der Waals surface area contributed by atoms with Crippen molar-refractivity contribution >= 4 is 68.3 Å². The van der Waals surface area contributed by atoms with E-state index in [1.54, 1.807) is 24.3 Å². The third kappa shape index (κ3) is 3.68. The zero-order chi connectivity index (χ0) is 16.6. The standard InChI is InChI=1S/C15H9BrClNO3S2/c1-18-13(19)12(23-15(18)20)7-9-6-11(16)14(21-9)22-10-4-2-8(17)3-5-10/h2-7H,1H3. The molecule has 118 valence electrons. The smallest absolute Gasteiger partial charge is 0.293 e. The van der Waals surface area contributed by atoms with Crippen LogP contribution in [0, 0.1) is 0 Å². The molecule has 4 nitrogen and oxygen atoms in total. The van der Waals surface area contributed by atoms with Crippen LogP contribution in [0.1, 0.15) is 5.76 Å². The van der Waals surface area contributed by atoms with Crippen molar-refractivity contribution in [2.75, 3.05) is 7.05 Å². The monoisotopic (exact) mass is 429 g/mol. The molecule has 0 aliphatic carbocycles. The molecule has 1 aliphatic heterocycles. The quantitative estimate of drug-likeness (QED) is 0.601. The Morgan fingerprint density at radius 3 is 2.61 bits per heavy atom. The Labute approximate surface area is 154 Å². The number of likely N-dealkylation sites (N-methyl/N-ethyl adjacent to an activating group) is 1. The Morgan fingerprint density at radius 2 is 2.00 bits per heavy atom. The van der Waals surface area contributed by atoms with Crippen molar-refractivity contribution in [3.8, 4) is 0 Å². The van der Waals surface area contributed by atoms with E-state index in [0.717, 1.165) is 26.0 Å². The first kappa shape index (κ1) is 16.7. The van der Waals surface area contributed by atoms with E-state index in [4.69, 9.17) is 16.0 Å². The van der Waals surface area contributed by atoms with Crippen LogP contribution in [0.2, 0.25) is 5.02 Å². The number of nitrogens with zero attached hydrogens (tertiary/aromatic N) is 1. The molecule has 8 heteroatoms. The average Bonchev–Trinajstić information content (AvgIpc) is 2.97. The fraction of sp³-hybridized carbons (Fsp3) is 0.0667. The van der Waals surface area contributed by atoms with Gasteiger partial charge in [-0.3, -0.25) is 14.5 Å². The summed E-state index contributed by atoms with van der Waals surface area (Å²) in [6.07, 6.45) is 1.57. The van der Waals surface area contributed by atoms with E-state index in [2.05, 4.69) is 15.9 Å². The van der Waals surface area contributed by atoms with Crippen molar-refractivity contribution in [3.05, 3.63) is 50.5 Å². The van der Waals surface area contributed by atoms with Crippen LogP contribution >= 0.6 is 51.1 Å². The summed E-state index contributed by atoms with van der Waals surface area (Å²) < 4.78 is 6.52. The van der Waals surface area contributed by atoms with Crippen LogP contribution in [0.5, 0.6) is 0 Å². The predicted molar refractivity (Wildman–Crippen MR) is 95.7 cm³/mol. The maximum atomic E-state index is 11.9. The fourth-order valence-electron chi connectivity index (χ4n) is 1.79. The number of amides is 2. The highest BCUT2D eigenvalue weighted by Crippen LogP contribution is 2.38. The van der Waals surface area contributed by atoms with Crippen LogP contribution in [0.3, 0.4) is 0 Å². The molecule has 2 heterocycles. The van der Waals surface area contributed by atoms with E-state index in [1.165, 1.54) is 18.8 Å². The molecule has 2 amide bonds. The van der Waals surface area contributed by atoms with Gasteiger partial charge >= 0.3 is 0 Å². The third-order valence-corrected chi connectivity index (χ3v) is 6.02. The summed E-state index contributed by atoms with van der Waals surface area (Å²) >= 11 is 11.6. The van der Waals surface area contributed by atoms with E-state index in [0.29, 0.717) is 20.8 Å². The van der Waals surface area contributed by atoms with Gasteiger partial charge in [0.05, 0.1) is 9.38 Å². The molecule has 0 atom stereocenters. The SMILES string of the molecule is CN1C(=O)SC(=Cc2cc(Br)c(Sc3ccc(Cl)cc3)o2)C1=O. The molecule has 1 fully saturated rings. The topological polar surface area (TPSA) is 50.5 Å². The number of hydrogen-bond donors (Lipinski definition) is 0. The van der Waals surface area contributed by atoms with Crippen LogP contribution in [0.4, 0.5) is 4.79 Å². The minimum absolute atomic E-state index is 0.289. The highest BCUT2D eigenvalue weighted by Gasteiger charge is 2.32. The number of benzene rings is 1. The Morgan fingerprint density at radius 1 is 1.30 bits per heavy atom. The average molecular weight is 431 g/mol. The molecule has 1 aliphatic rings. The Balaban J connectivity index is 1.83. The van der Waals surface area contributed by atoms with Crippen molar-refractivity contribution in [2.24, 2.45) is 0 Å². The van der Waals surface area contributed by atoms with Gasteiger partial charge in [0.2, 0.25) is 0 Å². The molecule has 0 unspecified atom stereocenters. The Kier molecular flexibility index (Phi) is 4.91. The summed E-state index contributed by atoms with van der Waals surface area (Å²) in [7, 11) is 1.46. The van der Waals surface area contributed by atoms with Crippen LogP contribution in [0.25, 0.3) is 6.08 Å². The first-order valence-corrected chi connectivity index (χ1v) is 9.19. The van der Waals surface area contributed by atoms with E-state index < -0.39 is 0 Å². The number of carbonyl (C=O) groups is 2. The second kappa shape index (κ2) is 6.76. The predicted octanol–water partition coefficient (Wildman–Crippen LogP) is 5.51. The largest absolute Gasteiger partial charge is 0.449 e. The first-order valence-electron chi connectivity index (χ1n) is 6.38. The second-order valence-corrected chi connectivity index (χ2v) is 7.91. The molecule has 0 spiro atoms. The molecule has 23 heavy (non-hydrogen) atoms. The van der Waals surface area contributed by atoms with E-state index in [-0.39, 0.29) is 11.1 Å². The second-order valence-electron chi connectivity index (χ2n) is 4.58. The van der Waals surface area contributed by atoms with Crippen molar-refractivity contribution in [1.29, 1.82) is 0 Å². The van der Waals surface area contributed by atoms with E-state index >= 15 is 0 Å². The summed E-state index contributed by atoms with van der Waals surface area (Å²) in [5, 5.41) is 1.04. The molecule has 0 radical (unpaired) electrons. The third-order valence-electron chi connectivity index (χ3n) is 2.96. The van der Waals surface area contributed by atoms with Gasteiger partial charge in [0.15, 0.2) is 5.09 Å². The normalized spacial score (nSPS) is 16.7. The summed E-state index contributed by atoms with van der Waals surface area (Å²) in [5.74, 6) is 0.187. The van der Waals surface area contributed by atoms with E-state index in [9.17, 15) is 9.59 Å². The lowest BCUT2D eigenvalue weighted by Gasteiger charge is -2.00. The maximum absolute atomic E-state index is 11.9. The number of carbonyl (C=O) groups excluding carboxylic acids is 2. The number of rotatable bonds is 3. The molecular formula is C15H9BrClNO3S2. The lowest BCUT2D eigenvalue weighted by atomic mass is 10.4. The summed E-state index contributed by atoms with van der Waals surface area (Å²) in [5.41, 5.74) is 0. The van der Waals surface area contributed by atoms with Gasteiger partial charge in [-0.15, -0.1) is 0 Å². The molecule has 0 saturated carbocycles. The van der Waals surface area contributed by atoms with Gasteiger partial charge in [0.25, 0.3) is 11.1 Å². The Hall–Kier alpha value is -1.15. The first-order chi connectivity index (χ1) is 10.9. The Bertz CT molecular complexity index is 817. The van der Waals surface area contributed by atoms with Gasteiger partial charge in [0, 0.05) is 23.0 Å². The minimum Gasteiger partial charge on any atom is -0.449 e. The minimum atomic E-state index is -0.320. The molecule has 0 bridgehead atoms. The van der Waals surface area contributed by atoms with Crippen molar-refractivity contribution in [3.63, 3.8) is 0 Å². The van der Waals surface area contributed by atoms with Gasteiger partial charge < -0.3 is 4.42 Å². The van der Waals surface area contributed by atoms with Gasteiger partial charge in [-0.05, 0) is 58.0 Å². The van der Waals surface area contributed by atoms with Crippen molar-refractivity contribution in [2.45, 2.75) is 9.99 Å².